The molecule has 3 atom stereocenters. The van der Waals surface area contributed by atoms with Crippen LogP contribution in [0.25, 0.3) is 0 Å². The SMILES string of the molecule is COCC(C)C1(N)CCC(C)C1. The molecule has 0 radical (unpaired) electrons. The summed E-state index contributed by atoms with van der Waals surface area (Å²) in [5.41, 5.74) is 6.35. The monoisotopic (exact) mass is 171 g/mol. The van der Waals surface area contributed by atoms with E-state index in [9.17, 15) is 0 Å². The minimum atomic E-state index is 0.0510. The summed E-state index contributed by atoms with van der Waals surface area (Å²) in [4.78, 5) is 0. The van der Waals surface area contributed by atoms with Crippen molar-refractivity contribution in [2.24, 2.45) is 17.6 Å². The third-order valence-corrected chi connectivity index (χ3v) is 3.23. The van der Waals surface area contributed by atoms with Gasteiger partial charge in [0.2, 0.25) is 0 Å². The summed E-state index contributed by atoms with van der Waals surface area (Å²) in [7, 11) is 1.75. The summed E-state index contributed by atoms with van der Waals surface area (Å²) >= 11 is 0. The van der Waals surface area contributed by atoms with Crippen molar-refractivity contribution in [3.8, 4) is 0 Å². The van der Waals surface area contributed by atoms with E-state index in [-0.39, 0.29) is 5.54 Å². The fourth-order valence-corrected chi connectivity index (χ4v) is 2.23. The van der Waals surface area contributed by atoms with Crippen molar-refractivity contribution < 1.29 is 4.74 Å². The molecule has 1 aliphatic carbocycles. The summed E-state index contributed by atoms with van der Waals surface area (Å²) in [6, 6.07) is 0. The lowest BCUT2D eigenvalue weighted by atomic mass is 9.84. The molecule has 3 unspecified atom stereocenters. The average Bonchev–Trinajstić information content (AvgIpc) is 2.33. The Bertz CT molecular complexity index is 149. The van der Waals surface area contributed by atoms with Crippen molar-refractivity contribution in [2.75, 3.05) is 13.7 Å². The minimum absolute atomic E-state index is 0.0510. The zero-order chi connectivity index (χ0) is 9.19. The summed E-state index contributed by atoms with van der Waals surface area (Å²) in [5, 5.41) is 0. The quantitative estimate of drug-likeness (QED) is 0.702. The Morgan fingerprint density at radius 1 is 1.67 bits per heavy atom. The standard InChI is InChI=1S/C10H21NO/c1-8-4-5-10(11,6-8)9(2)7-12-3/h8-9H,4-7,11H2,1-3H3. The topological polar surface area (TPSA) is 35.2 Å². The molecule has 1 aliphatic rings. The van der Waals surface area contributed by atoms with Crippen LogP contribution in [0.15, 0.2) is 0 Å². The number of hydrogen-bond donors (Lipinski definition) is 1. The van der Waals surface area contributed by atoms with Gasteiger partial charge in [0.05, 0.1) is 6.61 Å². The van der Waals surface area contributed by atoms with E-state index in [2.05, 4.69) is 13.8 Å². The van der Waals surface area contributed by atoms with E-state index in [0.29, 0.717) is 5.92 Å². The van der Waals surface area contributed by atoms with Gasteiger partial charge in [0, 0.05) is 12.6 Å². The first-order valence-electron chi connectivity index (χ1n) is 4.86. The molecule has 2 heteroatoms. The molecule has 2 nitrogen and oxygen atoms in total. The van der Waals surface area contributed by atoms with Crippen LogP contribution >= 0.6 is 0 Å². The third-order valence-electron chi connectivity index (χ3n) is 3.23. The third kappa shape index (κ3) is 1.99. The molecule has 0 aromatic carbocycles. The zero-order valence-corrected chi connectivity index (χ0v) is 8.47. The smallest absolute Gasteiger partial charge is 0.0505 e. The van der Waals surface area contributed by atoms with Gasteiger partial charge in [0.15, 0.2) is 0 Å². The molecule has 12 heavy (non-hydrogen) atoms. The van der Waals surface area contributed by atoms with Gasteiger partial charge in [-0.05, 0) is 31.1 Å². The Morgan fingerprint density at radius 2 is 2.33 bits per heavy atom. The number of rotatable bonds is 3. The molecule has 0 aliphatic heterocycles. The van der Waals surface area contributed by atoms with Crippen molar-refractivity contribution in [3.05, 3.63) is 0 Å². The van der Waals surface area contributed by atoms with Crippen LogP contribution in [-0.2, 0) is 4.74 Å². The van der Waals surface area contributed by atoms with Crippen LogP contribution in [0.1, 0.15) is 33.1 Å². The molecule has 0 spiro atoms. The van der Waals surface area contributed by atoms with Crippen LogP contribution in [0, 0.1) is 11.8 Å². The van der Waals surface area contributed by atoms with Gasteiger partial charge in [0.1, 0.15) is 0 Å². The zero-order valence-electron chi connectivity index (χ0n) is 8.47. The molecule has 1 rings (SSSR count). The first-order valence-corrected chi connectivity index (χ1v) is 4.86. The van der Waals surface area contributed by atoms with Gasteiger partial charge in [-0.1, -0.05) is 13.8 Å². The highest BCUT2D eigenvalue weighted by Crippen LogP contribution is 2.37. The fourth-order valence-electron chi connectivity index (χ4n) is 2.23. The van der Waals surface area contributed by atoms with Gasteiger partial charge >= 0.3 is 0 Å². The minimum Gasteiger partial charge on any atom is -0.384 e. The van der Waals surface area contributed by atoms with Gasteiger partial charge in [-0.25, -0.2) is 0 Å². The molecule has 0 aromatic heterocycles. The maximum absolute atomic E-state index is 6.30. The first kappa shape index (κ1) is 10.0. The van der Waals surface area contributed by atoms with Crippen LogP contribution in [-0.4, -0.2) is 19.3 Å². The average molecular weight is 171 g/mol. The first-order chi connectivity index (χ1) is 5.58. The molecule has 0 heterocycles. The number of hydrogen-bond acceptors (Lipinski definition) is 2. The number of nitrogens with two attached hydrogens (primary N) is 1. The highest BCUT2D eigenvalue weighted by atomic mass is 16.5. The molecule has 1 fully saturated rings. The maximum Gasteiger partial charge on any atom is 0.0505 e. The summed E-state index contributed by atoms with van der Waals surface area (Å²) in [5.74, 6) is 1.29. The van der Waals surface area contributed by atoms with E-state index in [4.69, 9.17) is 10.5 Å². The molecule has 72 valence electrons. The normalized spacial score (nSPS) is 38.5. The highest BCUT2D eigenvalue weighted by molar-refractivity contribution is 4.95. The van der Waals surface area contributed by atoms with Gasteiger partial charge < -0.3 is 10.5 Å². The Kier molecular flexibility index (Phi) is 3.13. The molecule has 2 N–H and O–H groups in total. The maximum atomic E-state index is 6.30. The van der Waals surface area contributed by atoms with E-state index in [1.54, 1.807) is 7.11 Å². The van der Waals surface area contributed by atoms with Crippen molar-refractivity contribution >= 4 is 0 Å². The highest BCUT2D eigenvalue weighted by Gasteiger charge is 2.37. The van der Waals surface area contributed by atoms with E-state index in [1.807, 2.05) is 0 Å². The van der Waals surface area contributed by atoms with Crippen molar-refractivity contribution in [1.29, 1.82) is 0 Å². The predicted molar refractivity (Wildman–Crippen MR) is 51.0 cm³/mol. The number of methoxy groups -OCH3 is 1. The summed E-state index contributed by atoms with van der Waals surface area (Å²) in [6.45, 7) is 5.28. The predicted octanol–water partition coefficient (Wildman–Crippen LogP) is 1.79. The molecule has 1 saturated carbocycles. The second-order valence-corrected chi connectivity index (χ2v) is 4.44. The van der Waals surface area contributed by atoms with Crippen LogP contribution in [0.2, 0.25) is 0 Å². The van der Waals surface area contributed by atoms with Gasteiger partial charge in [0.25, 0.3) is 0 Å². The van der Waals surface area contributed by atoms with Crippen LogP contribution in [0.5, 0.6) is 0 Å². The lowest BCUT2D eigenvalue weighted by Crippen LogP contribution is -2.45. The van der Waals surface area contributed by atoms with Crippen molar-refractivity contribution in [3.63, 3.8) is 0 Å². The largest absolute Gasteiger partial charge is 0.384 e. The van der Waals surface area contributed by atoms with E-state index < -0.39 is 0 Å². The molecule has 0 bridgehead atoms. The Hall–Kier alpha value is -0.0800. The lowest BCUT2D eigenvalue weighted by molar-refractivity contribution is 0.115. The molecule has 0 saturated heterocycles. The Balaban J connectivity index is 2.48. The number of ether oxygens (including phenoxy) is 1. The van der Waals surface area contributed by atoms with Crippen molar-refractivity contribution in [1.82, 2.24) is 0 Å². The lowest BCUT2D eigenvalue weighted by Gasteiger charge is -2.31. The Labute approximate surface area is 75.5 Å². The van der Waals surface area contributed by atoms with E-state index in [1.165, 1.54) is 12.8 Å². The molecule has 0 aromatic rings. The molecule has 0 amide bonds. The molecular weight excluding hydrogens is 150 g/mol. The van der Waals surface area contributed by atoms with Gasteiger partial charge in [-0.2, -0.15) is 0 Å². The van der Waals surface area contributed by atoms with Gasteiger partial charge in [-0.15, -0.1) is 0 Å². The van der Waals surface area contributed by atoms with Crippen LogP contribution < -0.4 is 5.73 Å². The van der Waals surface area contributed by atoms with Crippen LogP contribution in [0.4, 0.5) is 0 Å². The second kappa shape index (κ2) is 3.75. The van der Waals surface area contributed by atoms with Crippen molar-refractivity contribution in [2.45, 2.75) is 38.6 Å². The van der Waals surface area contributed by atoms with Crippen LogP contribution in [0.3, 0.4) is 0 Å². The Morgan fingerprint density at radius 3 is 2.75 bits per heavy atom. The molecular formula is C10H21NO. The van der Waals surface area contributed by atoms with E-state index >= 15 is 0 Å². The summed E-state index contributed by atoms with van der Waals surface area (Å²) < 4.78 is 5.14. The second-order valence-electron chi connectivity index (χ2n) is 4.44. The summed E-state index contributed by atoms with van der Waals surface area (Å²) in [6.07, 6.45) is 3.61. The van der Waals surface area contributed by atoms with E-state index in [0.717, 1.165) is 18.9 Å². The fraction of sp³-hybridized carbons (Fsp3) is 1.00. The van der Waals surface area contributed by atoms with Gasteiger partial charge in [-0.3, -0.25) is 0 Å².